The summed E-state index contributed by atoms with van der Waals surface area (Å²) >= 11 is 0. The summed E-state index contributed by atoms with van der Waals surface area (Å²) in [5, 5.41) is 5.69. The smallest absolute Gasteiger partial charge is 0.259 e. The highest BCUT2D eigenvalue weighted by atomic mass is 16.2. The van der Waals surface area contributed by atoms with Crippen LogP contribution in [0.1, 0.15) is 33.6 Å². The minimum atomic E-state index is -0.301. The molecule has 0 aliphatic carbocycles. The fraction of sp³-hybridized carbons (Fsp3) is 0.467. The zero-order valence-electron chi connectivity index (χ0n) is 11.6. The van der Waals surface area contributed by atoms with Crippen molar-refractivity contribution in [3.8, 4) is 0 Å². The van der Waals surface area contributed by atoms with E-state index < -0.39 is 0 Å². The minimum Gasteiger partial charge on any atom is -0.385 e. The molecule has 0 saturated carbocycles. The molecule has 2 amide bonds. The fourth-order valence-corrected chi connectivity index (χ4v) is 2.98. The molecule has 20 heavy (non-hydrogen) atoms. The number of amides is 2. The molecule has 1 fully saturated rings. The number of nitrogens with zero attached hydrogens (tertiary/aromatic N) is 1. The van der Waals surface area contributed by atoms with Crippen LogP contribution in [0.4, 0.5) is 5.69 Å². The number of likely N-dealkylation sites (tertiary alicyclic amines) is 1. The quantitative estimate of drug-likeness (QED) is 0.816. The lowest BCUT2D eigenvalue weighted by molar-refractivity contribution is 0.0879. The third-order valence-corrected chi connectivity index (χ3v) is 4.05. The predicted octanol–water partition coefficient (Wildman–Crippen LogP) is 1.32. The molecule has 1 unspecified atom stereocenters. The normalized spacial score (nSPS) is 22.6. The number of carbonyl (C=O) groups excluding carboxylic acids is 2. The van der Waals surface area contributed by atoms with Crippen LogP contribution in [-0.2, 0) is 0 Å². The molecule has 0 bridgehead atoms. The molecule has 1 aromatic carbocycles. The van der Waals surface area contributed by atoms with E-state index in [1.165, 1.54) is 19.4 Å². The van der Waals surface area contributed by atoms with Crippen molar-refractivity contribution in [1.29, 1.82) is 0 Å². The highest BCUT2D eigenvalue weighted by Gasteiger charge is 2.26. The number of piperidine rings is 1. The maximum Gasteiger partial charge on any atom is 0.259 e. The number of carbonyl (C=O) groups is 2. The molecule has 3 rings (SSSR count). The van der Waals surface area contributed by atoms with Gasteiger partial charge >= 0.3 is 0 Å². The summed E-state index contributed by atoms with van der Waals surface area (Å²) < 4.78 is 0. The van der Waals surface area contributed by atoms with Gasteiger partial charge in [-0.25, -0.2) is 0 Å². The van der Waals surface area contributed by atoms with Crippen molar-refractivity contribution in [3.05, 3.63) is 29.3 Å². The maximum atomic E-state index is 11.6. The van der Waals surface area contributed by atoms with Gasteiger partial charge in [-0.15, -0.1) is 0 Å². The Kier molecular flexibility index (Phi) is 3.44. The van der Waals surface area contributed by atoms with Crippen molar-refractivity contribution < 1.29 is 9.59 Å². The van der Waals surface area contributed by atoms with E-state index in [0.29, 0.717) is 17.0 Å². The molecule has 106 valence electrons. The third kappa shape index (κ3) is 2.54. The van der Waals surface area contributed by atoms with E-state index >= 15 is 0 Å². The van der Waals surface area contributed by atoms with Crippen LogP contribution in [0.2, 0.25) is 0 Å². The lowest BCUT2D eigenvalue weighted by Gasteiger charge is -2.30. The van der Waals surface area contributed by atoms with Gasteiger partial charge in [-0.05, 0) is 50.6 Å². The second-order valence-electron chi connectivity index (χ2n) is 5.70. The Morgan fingerprint density at radius 2 is 2.10 bits per heavy atom. The minimum absolute atomic E-state index is 0.300. The van der Waals surface area contributed by atoms with Crippen molar-refractivity contribution in [1.82, 2.24) is 10.2 Å². The summed E-state index contributed by atoms with van der Waals surface area (Å²) in [6.45, 7) is 3.19. The zero-order valence-corrected chi connectivity index (χ0v) is 11.6. The number of fused-ring (bicyclic) bond motifs is 1. The molecular formula is C15H19N3O2. The average molecular weight is 273 g/mol. The topological polar surface area (TPSA) is 61.4 Å². The number of hydrogen-bond donors (Lipinski definition) is 2. The molecule has 2 aliphatic rings. The lowest BCUT2D eigenvalue weighted by atomic mass is 9.98. The third-order valence-electron chi connectivity index (χ3n) is 4.05. The van der Waals surface area contributed by atoms with Gasteiger partial charge in [0, 0.05) is 18.8 Å². The van der Waals surface area contributed by atoms with Crippen molar-refractivity contribution in [2.45, 2.75) is 12.8 Å². The van der Waals surface area contributed by atoms with Gasteiger partial charge in [-0.1, -0.05) is 0 Å². The van der Waals surface area contributed by atoms with Crippen LogP contribution >= 0.6 is 0 Å². The number of rotatable bonds is 3. The van der Waals surface area contributed by atoms with Crippen molar-refractivity contribution in [3.63, 3.8) is 0 Å². The van der Waals surface area contributed by atoms with Crippen molar-refractivity contribution >= 4 is 17.5 Å². The van der Waals surface area contributed by atoms with E-state index in [9.17, 15) is 9.59 Å². The first-order valence-electron chi connectivity index (χ1n) is 7.05. The van der Waals surface area contributed by atoms with Crippen LogP contribution in [0.25, 0.3) is 0 Å². The summed E-state index contributed by atoms with van der Waals surface area (Å²) in [5.74, 6) is 0.0361. The Hall–Kier alpha value is -1.88. The van der Waals surface area contributed by atoms with Crippen LogP contribution < -0.4 is 10.6 Å². The second-order valence-corrected chi connectivity index (χ2v) is 5.70. The molecule has 1 saturated heterocycles. The van der Waals surface area contributed by atoms with Crippen LogP contribution in [-0.4, -0.2) is 43.4 Å². The zero-order chi connectivity index (χ0) is 14.1. The Morgan fingerprint density at radius 1 is 1.30 bits per heavy atom. The van der Waals surface area contributed by atoms with Gasteiger partial charge in [0.2, 0.25) is 0 Å². The van der Waals surface area contributed by atoms with Gasteiger partial charge in [-0.2, -0.15) is 0 Å². The molecule has 2 N–H and O–H groups in total. The molecule has 2 heterocycles. The molecule has 1 aromatic rings. The predicted molar refractivity (Wildman–Crippen MR) is 76.9 cm³/mol. The second kappa shape index (κ2) is 5.25. The van der Waals surface area contributed by atoms with Crippen LogP contribution in [0, 0.1) is 5.92 Å². The fourth-order valence-electron chi connectivity index (χ4n) is 2.98. The standard InChI is InChI=1S/C15H19N3O2/c1-18-6-2-3-10(9-18)8-16-11-4-5-12-13(7-11)15(20)17-14(12)19/h4-5,7,10,16H,2-3,6,8-9H2,1H3,(H,17,19,20). The van der Waals surface area contributed by atoms with Gasteiger partial charge < -0.3 is 10.2 Å². The van der Waals surface area contributed by atoms with Gasteiger partial charge in [0.25, 0.3) is 11.8 Å². The Balaban J connectivity index is 1.65. The van der Waals surface area contributed by atoms with E-state index in [4.69, 9.17) is 0 Å². The van der Waals surface area contributed by atoms with E-state index in [2.05, 4.69) is 22.6 Å². The summed E-state index contributed by atoms with van der Waals surface area (Å²) in [5.41, 5.74) is 1.85. The molecule has 1 atom stereocenters. The van der Waals surface area contributed by atoms with Gasteiger partial charge in [-0.3, -0.25) is 14.9 Å². The van der Waals surface area contributed by atoms with Gasteiger partial charge in [0.05, 0.1) is 11.1 Å². The number of anilines is 1. The van der Waals surface area contributed by atoms with Crippen LogP contribution in [0.5, 0.6) is 0 Å². The molecule has 0 spiro atoms. The van der Waals surface area contributed by atoms with Crippen molar-refractivity contribution in [2.24, 2.45) is 5.92 Å². The van der Waals surface area contributed by atoms with Gasteiger partial charge in [0.1, 0.15) is 0 Å². The van der Waals surface area contributed by atoms with E-state index in [-0.39, 0.29) is 11.8 Å². The summed E-state index contributed by atoms with van der Waals surface area (Å²) in [6, 6.07) is 5.34. The molecule has 2 aliphatic heterocycles. The van der Waals surface area contributed by atoms with Gasteiger partial charge in [0.15, 0.2) is 0 Å². The lowest BCUT2D eigenvalue weighted by Crippen LogP contribution is -2.35. The summed E-state index contributed by atoms with van der Waals surface area (Å²) in [7, 11) is 2.15. The van der Waals surface area contributed by atoms with Crippen molar-refractivity contribution in [2.75, 3.05) is 32.0 Å². The Labute approximate surface area is 118 Å². The van der Waals surface area contributed by atoms with Crippen LogP contribution in [0.15, 0.2) is 18.2 Å². The molecule has 5 nitrogen and oxygen atoms in total. The molecule has 5 heteroatoms. The SMILES string of the molecule is CN1CCCC(CNc2ccc3c(c2)C(=O)NC3=O)C1. The van der Waals surface area contributed by atoms with E-state index in [1.54, 1.807) is 12.1 Å². The number of nitrogens with one attached hydrogen (secondary N) is 2. The first-order valence-corrected chi connectivity index (χ1v) is 7.05. The summed E-state index contributed by atoms with van der Waals surface area (Å²) in [6.07, 6.45) is 2.48. The summed E-state index contributed by atoms with van der Waals surface area (Å²) in [4.78, 5) is 25.4. The Bertz CT molecular complexity index is 556. The van der Waals surface area contributed by atoms with Crippen LogP contribution in [0.3, 0.4) is 0 Å². The Morgan fingerprint density at radius 3 is 2.90 bits per heavy atom. The van der Waals surface area contributed by atoms with E-state index in [1.807, 2.05) is 6.07 Å². The molecule has 0 aromatic heterocycles. The highest BCUT2D eigenvalue weighted by Crippen LogP contribution is 2.21. The van der Waals surface area contributed by atoms with E-state index in [0.717, 1.165) is 18.8 Å². The molecular weight excluding hydrogens is 254 g/mol. The number of imide groups is 1. The monoisotopic (exact) mass is 273 g/mol. The molecule has 0 radical (unpaired) electrons. The number of benzene rings is 1. The largest absolute Gasteiger partial charge is 0.385 e. The first-order chi connectivity index (χ1) is 9.63. The maximum absolute atomic E-state index is 11.6. The first kappa shape index (κ1) is 13.1. The average Bonchev–Trinajstić information content (AvgIpc) is 2.72. The highest BCUT2D eigenvalue weighted by molar-refractivity contribution is 6.21. The number of hydrogen-bond acceptors (Lipinski definition) is 4.